The van der Waals surface area contributed by atoms with Gasteiger partial charge in [0.05, 0.1) is 41.9 Å². The zero-order chi connectivity index (χ0) is 40.4. The van der Waals surface area contributed by atoms with E-state index in [9.17, 15) is 37.5 Å². The highest BCUT2D eigenvalue weighted by atomic mass is 35.5. The molecule has 0 radical (unpaired) electrons. The van der Waals surface area contributed by atoms with Gasteiger partial charge in [-0.05, 0) is 35.4 Å². The topological polar surface area (TPSA) is 159 Å². The van der Waals surface area contributed by atoms with Crippen molar-refractivity contribution >= 4 is 69.6 Å². The van der Waals surface area contributed by atoms with Crippen LogP contribution in [0.2, 0.25) is 10.0 Å². The highest BCUT2D eigenvalue weighted by molar-refractivity contribution is 7.12. The largest absolute Gasteiger partial charge is 0.481 e. The van der Waals surface area contributed by atoms with Crippen LogP contribution in [0.25, 0.3) is 22.5 Å². The smallest absolute Gasteiger partial charge is 0.416 e. The maximum atomic E-state index is 12.7. The predicted molar refractivity (Wildman–Crippen MR) is 208 cm³/mol. The first-order chi connectivity index (χ1) is 26.7. The summed E-state index contributed by atoms with van der Waals surface area (Å²) in [6, 6.07) is 25.6. The Morgan fingerprint density at radius 2 is 1.12 bits per heavy atom. The van der Waals surface area contributed by atoms with Crippen LogP contribution < -0.4 is 10.6 Å². The Balaban J connectivity index is 0.000000215. The minimum absolute atomic E-state index is 0.131. The number of thiazole rings is 2. The van der Waals surface area contributed by atoms with Gasteiger partial charge in [-0.25, -0.2) is 9.97 Å². The minimum Gasteiger partial charge on any atom is -0.481 e. The number of alkyl halides is 3. The van der Waals surface area contributed by atoms with E-state index in [1.165, 1.54) is 17.4 Å². The Bertz CT molecular complexity index is 2310. The van der Waals surface area contributed by atoms with E-state index in [1.54, 1.807) is 22.9 Å². The van der Waals surface area contributed by atoms with Gasteiger partial charge < -0.3 is 20.8 Å². The number of hydrogen-bond donors (Lipinski definition) is 4. The molecule has 0 aliphatic heterocycles. The number of aliphatic carboxylic acids is 2. The van der Waals surface area contributed by atoms with E-state index in [2.05, 4.69) is 20.6 Å². The molecular formula is C39H29Cl2F3N4O6S2. The van der Waals surface area contributed by atoms with Crippen molar-refractivity contribution in [2.24, 2.45) is 0 Å². The second-order valence-corrected chi connectivity index (χ2v) is 14.4. The van der Waals surface area contributed by atoms with Gasteiger partial charge in [0.1, 0.15) is 0 Å². The van der Waals surface area contributed by atoms with E-state index < -0.39 is 54.0 Å². The molecule has 0 bridgehead atoms. The zero-order valence-corrected chi connectivity index (χ0v) is 31.8. The third kappa shape index (κ3) is 11.5. The molecule has 0 saturated carbocycles. The number of amides is 2. The molecular weight excluding hydrogens is 812 g/mol. The number of carboxylic acids is 2. The quantitative estimate of drug-likeness (QED) is 0.0948. The number of benzene rings is 4. The van der Waals surface area contributed by atoms with Crippen LogP contribution in [0.1, 0.15) is 61.2 Å². The van der Waals surface area contributed by atoms with Gasteiger partial charge in [0.25, 0.3) is 11.8 Å². The number of nitrogens with one attached hydrogen (secondary N) is 2. The predicted octanol–water partition coefficient (Wildman–Crippen LogP) is 9.84. The number of nitrogens with zero attached hydrogens (tertiary/aromatic N) is 2. The monoisotopic (exact) mass is 840 g/mol. The van der Waals surface area contributed by atoms with Gasteiger partial charge in [0, 0.05) is 31.9 Å². The summed E-state index contributed by atoms with van der Waals surface area (Å²) in [6.45, 7) is 0. The lowest BCUT2D eigenvalue weighted by molar-refractivity contribution is -0.138. The lowest BCUT2D eigenvalue weighted by atomic mass is 10.0. The third-order valence-corrected chi connectivity index (χ3v) is 10.1. The maximum Gasteiger partial charge on any atom is 0.416 e. The van der Waals surface area contributed by atoms with Gasteiger partial charge in [-0.2, -0.15) is 13.2 Å². The van der Waals surface area contributed by atoms with Crippen LogP contribution in [0.15, 0.2) is 114 Å². The lowest BCUT2D eigenvalue weighted by Gasteiger charge is -2.18. The molecule has 2 atom stereocenters. The number of carbonyl (C=O) groups excluding carboxylic acids is 2. The van der Waals surface area contributed by atoms with E-state index in [-0.39, 0.29) is 27.0 Å². The van der Waals surface area contributed by atoms with Gasteiger partial charge in [-0.3, -0.25) is 19.2 Å². The molecule has 288 valence electrons. The van der Waals surface area contributed by atoms with Crippen LogP contribution in [0.5, 0.6) is 0 Å². The molecule has 0 spiro atoms. The fourth-order valence-electron chi connectivity index (χ4n) is 5.21. The standard InChI is InChI=1S/C20H15F3N2O3S.C19H14Cl2N2O3S/c21-20(22,23)14-8-6-13(7-9-14)15(10-17(26)27)24-18(28)19-25-16(11-29-19)12-4-2-1-3-5-12;20-12-6-7-13(14(21)8-12)15(9-17(24)25)22-18(26)19-23-16(10-27-19)11-4-2-1-3-5-11/h1-9,11,15H,10H2,(H,24,28)(H,26,27);1-8,10,15H,9H2,(H,22,26)(H,24,25)/t2*15-/m00/s1. The van der Waals surface area contributed by atoms with E-state index in [0.717, 1.165) is 46.7 Å². The van der Waals surface area contributed by atoms with Crippen molar-refractivity contribution in [3.63, 3.8) is 0 Å². The van der Waals surface area contributed by atoms with Crippen LogP contribution in [-0.2, 0) is 15.8 Å². The van der Waals surface area contributed by atoms with Gasteiger partial charge >= 0.3 is 18.1 Å². The third-order valence-electron chi connectivity index (χ3n) is 7.88. The molecule has 2 heterocycles. The highest BCUT2D eigenvalue weighted by Gasteiger charge is 2.31. The van der Waals surface area contributed by atoms with Crippen LogP contribution in [0.3, 0.4) is 0 Å². The Morgan fingerprint density at radius 3 is 1.57 bits per heavy atom. The highest BCUT2D eigenvalue weighted by Crippen LogP contribution is 2.32. The lowest BCUT2D eigenvalue weighted by Crippen LogP contribution is -2.30. The average molecular weight is 842 g/mol. The summed E-state index contributed by atoms with van der Waals surface area (Å²) in [4.78, 5) is 56.2. The van der Waals surface area contributed by atoms with E-state index in [0.29, 0.717) is 22.0 Å². The molecule has 4 N–H and O–H groups in total. The molecule has 0 aliphatic rings. The Hall–Kier alpha value is -5.61. The summed E-state index contributed by atoms with van der Waals surface area (Å²) >= 11 is 14.4. The Labute approximate surface area is 335 Å². The van der Waals surface area contributed by atoms with Crippen LogP contribution in [0.4, 0.5) is 13.2 Å². The first kappa shape index (κ1) is 41.6. The molecule has 56 heavy (non-hydrogen) atoms. The molecule has 0 fully saturated rings. The number of hydrogen-bond acceptors (Lipinski definition) is 8. The Kier molecular flexibility index (Phi) is 14.0. The number of rotatable bonds is 12. The molecule has 0 unspecified atom stereocenters. The number of halogens is 5. The van der Waals surface area contributed by atoms with E-state index in [4.69, 9.17) is 28.3 Å². The first-order valence-electron chi connectivity index (χ1n) is 16.4. The summed E-state index contributed by atoms with van der Waals surface area (Å²) < 4.78 is 38.2. The average Bonchev–Trinajstić information content (AvgIpc) is 3.87. The van der Waals surface area contributed by atoms with Crippen LogP contribution >= 0.6 is 45.9 Å². The van der Waals surface area contributed by atoms with Crippen LogP contribution in [0, 0.1) is 0 Å². The molecule has 4 aromatic carbocycles. The van der Waals surface area contributed by atoms with Crippen molar-refractivity contribution in [2.75, 3.05) is 0 Å². The van der Waals surface area contributed by atoms with Crippen LogP contribution in [-0.4, -0.2) is 43.9 Å². The van der Waals surface area contributed by atoms with Crippen molar-refractivity contribution in [2.45, 2.75) is 31.1 Å². The van der Waals surface area contributed by atoms with Gasteiger partial charge in [0.2, 0.25) is 0 Å². The van der Waals surface area contributed by atoms with Gasteiger partial charge in [-0.15, -0.1) is 22.7 Å². The molecule has 17 heteroatoms. The summed E-state index contributed by atoms with van der Waals surface area (Å²) in [5, 5.41) is 28.2. The Morgan fingerprint density at radius 1 is 0.661 bits per heavy atom. The van der Waals surface area contributed by atoms with E-state index in [1.807, 2.05) is 60.7 Å². The van der Waals surface area contributed by atoms with Gasteiger partial charge in [-0.1, -0.05) is 102 Å². The minimum atomic E-state index is -4.50. The normalized spacial score (nSPS) is 12.1. The number of carboxylic acid groups (broad SMARTS) is 2. The molecule has 6 rings (SSSR count). The number of aromatic nitrogens is 2. The van der Waals surface area contributed by atoms with Crippen molar-refractivity contribution in [1.29, 1.82) is 0 Å². The fourth-order valence-corrected chi connectivity index (χ4v) is 7.21. The zero-order valence-electron chi connectivity index (χ0n) is 28.7. The summed E-state index contributed by atoms with van der Waals surface area (Å²) in [5.41, 5.74) is 2.90. The van der Waals surface area contributed by atoms with E-state index >= 15 is 0 Å². The summed E-state index contributed by atoms with van der Waals surface area (Å²) in [7, 11) is 0. The van der Waals surface area contributed by atoms with Crippen molar-refractivity contribution < 1.29 is 42.6 Å². The summed E-state index contributed by atoms with van der Waals surface area (Å²) in [5.74, 6) is -3.31. The van der Waals surface area contributed by atoms with Gasteiger partial charge in [0.15, 0.2) is 10.0 Å². The molecule has 2 aromatic heterocycles. The molecule has 6 aromatic rings. The number of carbonyl (C=O) groups is 4. The van der Waals surface area contributed by atoms with Crippen molar-refractivity contribution in [3.05, 3.63) is 151 Å². The maximum absolute atomic E-state index is 12.7. The fraction of sp³-hybridized carbons (Fsp3) is 0.128. The molecule has 0 aliphatic carbocycles. The first-order valence-corrected chi connectivity index (χ1v) is 18.9. The summed E-state index contributed by atoms with van der Waals surface area (Å²) in [6.07, 6.45) is -5.29. The second kappa shape index (κ2) is 18.8. The van der Waals surface area contributed by atoms with Crippen molar-refractivity contribution in [3.8, 4) is 22.5 Å². The molecule has 10 nitrogen and oxygen atoms in total. The molecule has 0 saturated heterocycles. The molecule has 2 amide bonds. The SMILES string of the molecule is O=C(O)C[C@H](NC(=O)c1nc(-c2ccccc2)cs1)c1ccc(C(F)(F)F)cc1.O=C(O)C[C@H](NC(=O)c1nc(-c2ccccc2)cs1)c1ccc(Cl)cc1Cl. The van der Waals surface area contributed by atoms with Crippen molar-refractivity contribution in [1.82, 2.24) is 20.6 Å². The second-order valence-electron chi connectivity index (χ2n) is 11.8.